The van der Waals surface area contributed by atoms with E-state index in [0.717, 1.165) is 12.1 Å². The Labute approximate surface area is 112 Å². The first-order chi connectivity index (χ1) is 9.44. The Hall–Kier alpha value is -2.12. The van der Waals surface area contributed by atoms with E-state index in [1.165, 1.54) is 6.07 Å². The van der Waals surface area contributed by atoms with Crippen molar-refractivity contribution in [3.63, 3.8) is 0 Å². The molecule has 2 rings (SSSR count). The fourth-order valence-electron chi connectivity index (χ4n) is 1.89. The zero-order valence-electron chi connectivity index (χ0n) is 10.2. The van der Waals surface area contributed by atoms with Gasteiger partial charge in [0.25, 0.3) is 0 Å². The lowest BCUT2D eigenvalue weighted by atomic mass is 9.89. The number of amides is 1. The SMILES string of the molecule is O=C(O)NC1CC(Oc2ccc(OC(F)F)c(F)c2)C1. The molecule has 1 aromatic carbocycles. The number of ether oxygens (including phenoxy) is 2. The lowest BCUT2D eigenvalue weighted by Crippen LogP contribution is -2.48. The third-order valence-electron chi connectivity index (χ3n) is 2.84. The summed E-state index contributed by atoms with van der Waals surface area (Å²) in [5, 5.41) is 10.8. The second kappa shape index (κ2) is 5.89. The Morgan fingerprint density at radius 2 is 2.10 bits per heavy atom. The molecule has 0 atom stereocenters. The van der Waals surface area contributed by atoms with Crippen molar-refractivity contribution in [2.24, 2.45) is 0 Å². The minimum atomic E-state index is -3.09. The number of benzene rings is 1. The highest BCUT2D eigenvalue weighted by molar-refractivity contribution is 5.65. The molecule has 2 N–H and O–H groups in total. The van der Waals surface area contributed by atoms with Crippen molar-refractivity contribution in [3.05, 3.63) is 24.0 Å². The summed E-state index contributed by atoms with van der Waals surface area (Å²) in [5.41, 5.74) is 0. The van der Waals surface area contributed by atoms with Crippen LogP contribution in [-0.2, 0) is 0 Å². The van der Waals surface area contributed by atoms with Crippen LogP contribution in [0.3, 0.4) is 0 Å². The highest BCUT2D eigenvalue weighted by atomic mass is 19.3. The van der Waals surface area contributed by atoms with Crippen LogP contribution in [0.4, 0.5) is 18.0 Å². The predicted octanol–water partition coefficient (Wildman–Crippen LogP) is 2.60. The van der Waals surface area contributed by atoms with Gasteiger partial charge in [0.15, 0.2) is 11.6 Å². The fourth-order valence-corrected chi connectivity index (χ4v) is 1.89. The molecule has 20 heavy (non-hydrogen) atoms. The zero-order chi connectivity index (χ0) is 14.7. The van der Waals surface area contributed by atoms with Crippen molar-refractivity contribution >= 4 is 6.09 Å². The number of carbonyl (C=O) groups is 1. The Kier molecular flexibility index (Phi) is 4.21. The molecule has 1 aliphatic carbocycles. The Morgan fingerprint density at radius 1 is 1.40 bits per heavy atom. The molecule has 0 heterocycles. The number of hydrogen-bond donors (Lipinski definition) is 2. The van der Waals surface area contributed by atoms with Crippen LogP contribution in [-0.4, -0.2) is 30.0 Å². The predicted molar refractivity (Wildman–Crippen MR) is 61.6 cm³/mol. The smallest absolute Gasteiger partial charge is 0.404 e. The summed E-state index contributed by atoms with van der Waals surface area (Å²) in [7, 11) is 0. The van der Waals surface area contributed by atoms with Gasteiger partial charge in [0.05, 0.1) is 0 Å². The van der Waals surface area contributed by atoms with Gasteiger partial charge in [0.2, 0.25) is 0 Å². The Bertz CT molecular complexity index is 492. The first-order valence-corrected chi connectivity index (χ1v) is 5.84. The molecule has 1 aliphatic rings. The average molecular weight is 291 g/mol. The topological polar surface area (TPSA) is 67.8 Å². The van der Waals surface area contributed by atoms with Gasteiger partial charge >= 0.3 is 12.7 Å². The van der Waals surface area contributed by atoms with E-state index >= 15 is 0 Å². The molecule has 1 aromatic rings. The number of carboxylic acid groups (broad SMARTS) is 1. The number of nitrogens with one attached hydrogen (secondary N) is 1. The highest BCUT2D eigenvalue weighted by Crippen LogP contribution is 2.29. The van der Waals surface area contributed by atoms with E-state index in [9.17, 15) is 18.0 Å². The third kappa shape index (κ3) is 3.69. The summed E-state index contributed by atoms with van der Waals surface area (Å²) >= 11 is 0. The lowest BCUT2D eigenvalue weighted by Gasteiger charge is -2.35. The molecule has 8 heteroatoms. The lowest BCUT2D eigenvalue weighted by molar-refractivity contribution is -0.0522. The monoisotopic (exact) mass is 291 g/mol. The number of alkyl halides is 2. The van der Waals surface area contributed by atoms with Gasteiger partial charge in [-0.15, -0.1) is 0 Å². The van der Waals surface area contributed by atoms with E-state index in [2.05, 4.69) is 10.1 Å². The zero-order valence-corrected chi connectivity index (χ0v) is 10.2. The maximum Gasteiger partial charge on any atom is 0.404 e. The van der Waals surface area contributed by atoms with Gasteiger partial charge in [-0.3, -0.25) is 0 Å². The van der Waals surface area contributed by atoms with Crippen molar-refractivity contribution in [3.8, 4) is 11.5 Å². The van der Waals surface area contributed by atoms with Gasteiger partial charge in [-0.05, 0) is 12.1 Å². The van der Waals surface area contributed by atoms with Crippen LogP contribution in [0.25, 0.3) is 0 Å². The van der Waals surface area contributed by atoms with Crippen molar-refractivity contribution in [1.82, 2.24) is 5.32 Å². The van der Waals surface area contributed by atoms with Crippen LogP contribution in [0.5, 0.6) is 11.5 Å². The van der Waals surface area contributed by atoms with E-state index in [0.29, 0.717) is 12.8 Å². The first-order valence-electron chi connectivity index (χ1n) is 5.84. The minimum Gasteiger partial charge on any atom is -0.490 e. The standard InChI is InChI=1S/C12H12F3NO4/c13-9-5-7(1-2-10(9)20-11(14)15)19-8-3-6(4-8)16-12(17)18/h1-2,5-6,8,11,16H,3-4H2,(H,17,18). The molecule has 1 saturated carbocycles. The highest BCUT2D eigenvalue weighted by Gasteiger charge is 2.32. The molecular weight excluding hydrogens is 279 g/mol. The summed E-state index contributed by atoms with van der Waals surface area (Å²) in [5.74, 6) is -1.31. The molecule has 0 spiro atoms. The number of rotatable bonds is 5. The molecule has 1 fully saturated rings. The van der Waals surface area contributed by atoms with Crippen molar-refractivity contribution < 1.29 is 32.5 Å². The third-order valence-corrected chi connectivity index (χ3v) is 2.84. The van der Waals surface area contributed by atoms with Gasteiger partial charge < -0.3 is 19.9 Å². The van der Waals surface area contributed by atoms with Gasteiger partial charge in [0.1, 0.15) is 11.9 Å². The normalized spacial score (nSPS) is 21.2. The van der Waals surface area contributed by atoms with Crippen LogP contribution in [0, 0.1) is 5.82 Å². The molecule has 0 radical (unpaired) electrons. The van der Waals surface area contributed by atoms with Crippen molar-refractivity contribution in [2.75, 3.05) is 0 Å². The number of halogens is 3. The van der Waals surface area contributed by atoms with Gasteiger partial charge in [-0.1, -0.05) is 0 Å². The molecule has 0 saturated heterocycles. The molecule has 0 aliphatic heterocycles. The van der Waals surface area contributed by atoms with Gasteiger partial charge in [-0.25, -0.2) is 9.18 Å². The first kappa shape index (κ1) is 14.3. The van der Waals surface area contributed by atoms with Crippen molar-refractivity contribution in [1.29, 1.82) is 0 Å². The second-order valence-electron chi connectivity index (χ2n) is 4.33. The van der Waals surface area contributed by atoms with E-state index in [1.807, 2.05) is 0 Å². The van der Waals surface area contributed by atoms with E-state index in [-0.39, 0.29) is 17.9 Å². The second-order valence-corrected chi connectivity index (χ2v) is 4.33. The summed E-state index contributed by atoms with van der Waals surface area (Å²) in [6, 6.07) is 3.15. The summed E-state index contributed by atoms with van der Waals surface area (Å²) in [6.45, 7) is -3.09. The summed E-state index contributed by atoms with van der Waals surface area (Å²) in [4.78, 5) is 10.4. The fraction of sp³-hybridized carbons (Fsp3) is 0.417. The van der Waals surface area contributed by atoms with Crippen molar-refractivity contribution in [2.45, 2.75) is 31.6 Å². The Balaban J connectivity index is 1.86. The van der Waals surface area contributed by atoms with Crippen LogP contribution >= 0.6 is 0 Å². The van der Waals surface area contributed by atoms with Crippen LogP contribution in [0.15, 0.2) is 18.2 Å². The Morgan fingerprint density at radius 3 is 2.65 bits per heavy atom. The van der Waals surface area contributed by atoms with E-state index in [1.54, 1.807) is 0 Å². The summed E-state index contributed by atoms with van der Waals surface area (Å²) in [6.07, 6.45) is -0.382. The van der Waals surface area contributed by atoms with E-state index < -0.39 is 24.3 Å². The molecular formula is C12H12F3NO4. The minimum absolute atomic E-state index is 0.177. The van der Waals surface area contributed by atoms with Crippen LogP contribution in [0.2, 0.25) is 0 Å². The van der Waals surface area contributed by atoms with E-state index in [4.69, 9.17) is 9.84 Å². The molecule has 0 aromatic heterocycles. The maximum atomic E-state index is 13.4. The van der Waals surface area contributed by atoms with Crippen LogP contribution < -0.4 is 14.8 Å². The number of hydrogen-bond acceptors (Lipinski definition) is 3. The largest absolute Gasteiger partial charge is 0.490 e. The molecule has 5 nitrogen and oxygen atoms in total. The molecule has 110 valence electrons. The molecule has 1 amide bonds. The van der Waals surface area contributed by atoms with Gasteiger partial charge in [0, 0.05) is 24.9 Å². The van der Waals surface area contributed by atoms with Crippen LogP contribution in [0.1, 0.15) is 12.8 Å². The quantitative estimate of drug-likeness (QED) is 0.875. The molecule has 0 bridgehead atoms. The van der Waals surface area contributed by atoms with Gasteiger partial charge in [-0.2, -0.15) is 8.78 Å². The molecule has 0 unspecified atom stereocenters. The maximum absolute atomic E-state index is 13.4. The average Bonchev–Trinajstić information content (AvgIpc) is 2.29. The summed E-state index contributed by atoms with van der Waals surface area (Å²) < 4.78 is 46.7.